The van der Waals surface area contributed by atoms with Gasteiger partial charge in [-0.15, -0.1) is 0 Å². The zero-order valence-electron chi connectivity index (χ0n) is 15.8. The molecule has 28 heavy (non-hydrogen) atoms. The van der Waals surface area contributed by atoms with E-state index in [1.54, 1.807) is 0 Å². The molecule has 1 aromatic carbocycles. The molecule has 2 N–H and O–H groups in total. The number of unbranched alkanes of at least 4 members (excludes halogenated alkanes) is 2. The first-order valence-corrected chi connectivity index (χ1v) is 10.3. The van der Waals surface area contributed by atoms with E-state index in [0.717, 1.165) is 17.1 Å². The van der Waals surface area contributed by atoms with E-state index < -0.39 is 15.9 Å². The highest BCUT2D eigenvalue weighted by molar-refractivity contribution is 7.89. The molecular formula is C18H24N4O5S. The maximum absolute atomic E-state index is 13.0. The summed E-state index contributed by atoms with van der Waals surface area (Å²) in [6, 6.07) is 7.29. The molecule has 0 saturated carbocycles. The number of anilines is 2. The van der Waals surface area contributed by atoms with Crippen LogP contribution in [0.2, 0.25) is 0 Å². The van der Waals surface area contributed by atoms with Crippen molar-refractivity contribution in [1.82, 2.24) is 9.46 Å². The molecule has 10 heteroatoms. The minimum absolute atomic E-state index is 0.0485. The van der Waals surface area contributed by atoms with Crippen LogP contribution in [0.4, 0.5) is 11.5 Å². The lowest BCUT2D eigenvalue weighted by molar-refractivity contribution is -0.116. The summed E-state index contributed by atoms with van der Waals surface area (Å²) in [5.41, 5.74) is 0.493. The van der Waals surface area contributed by atoms with Crippen LogP contribution in [0.1, 0.15) is 33.1 Å². The molecule has 9 nitrogen and oxygen atoms in total. The van der Waals surface area contributed by atoms with Gasteiger partial charge in [-0.25, -0.2) is 8.42 Å². The van der Waals surface area contributed by atoms with Crippen LogP contribution in [0.3, 0.4) is 0 Å². The van der Waals surface area contributed by atoms with Crippen molar-refractivity contribution in [2.75, 3.05) is 23.7 Å². The number of rotatable bonds is 10. The number of aromatic nitrogens is 1. The second-order valence-corrected chi connectivity index (χ2v) is 8.12. The van der Waals surface area contributed by atoms with Gasteiger partial charge in [0.25, 0.3) is 0 Å². The zero-order chi connectivity index (χ0) is 20.6. The fraction of sp³-hybridized carbons (Fsp3) is 0.389. The third-order valence-corrected chi connectivity index (χ3v) is 5.71. The van der Waals surface area contributed by atoms with Crippen LogP contribution >= 0.6 is 0 Å². The van der Waals surface area contributed by atoms with E-state index in [1.807, 2.05) is 6.92 Å². The minimum Gasteiger partial charge on any atom is -0.363 e. The predicted molar refractivity (Wildman–Crippen MR) is 104 cm³/mol. The molecule has 0 spiro atoms. The van der Waals surface area contributed by atoms with Crippen molar-refractivity contribution < 1.29 is 22.5 Å². The molecule has 0 saturated heterocycles. The van der Waals surface area contributed by atoms with Gasteiger partial charge in [-0.1, -0.05) is 24.9 Å². The molecule has 0 fully saturated rings. The van der Waals surface area contributed by atoms with Gasteiger partial charge in [0.05, 0.1) is 11.4 Å². The Labute approximate surface area is 164 Å². The van der Waals surface area contributed by atoms with Crippen molar-refractivity contribution in [1.29, 1.82) is 0 Å². The van der Waals surface area contributed by atoms with E-state index in [2.05, 4.69) is 20.3 Å². The molecule has 0 bridgehead atoms. The molecule has 152 valence electrons. The summed E-state index contributed by atoms with van der Waals surface area (Å²) in [4.78, 5) is 23.4. The molecule has 0 aliphatic heterocycles. The Morgan fingerprint density at radius 1 is 1.11 bits per heavy atom. The van der Waals surface area contributed by atoms with Gasteiger partial charge >= 0.3 is 0 Å². The molecule has 2 rings (SSSR count). The second kappa shape index (κ2) is 10.00. The van der Waals surface area contributed by atoms with Crippen LogP contribution in [0, 0.1) is 0 Å². The van der Waals surface area contributed by atoms with Gasteiger partial charge in [-0.05, 0) is 30.7 Å². The lowest BCUT2D eigenvalue weighted by Crippen LogP contribution is -2.38. The summed E-state index contributed by atoms with van der Waals surface area (Å²) in [6.07, 6.45) is 3.71. The first-order chi connectivity index (χ1) is 13.3. The normalized spacial score (nSPS) is 11.4. The number of hydrogen-bond donors (Lipinski definition) is 2. The summed E-state index contributed by atoms with van der Waals surface area (Å²) < 4.78 is 31.8. The van der Waals surface area contributed by atoms with E-state index in [1.165, 1.54) is 43.5 Å². The molecule has 0 aliphatic rings. The van der Waals surface area contributed by atoms with Gasteiger partial charge in [0, 0.05) is 25.2 Å². The van der Waals surface area contributed by atoms with Crippen molar-refractivity contribution >= 4 is 33.3 Å². The minimum atomic E-state index is -3.88. The largest absolute Gasteiger partial charge is 0.363 e. The Morgan fingerprint density at radius 2 is 1.82 bits per heavy atom. The Kier molecular flexibility index (Phi) is 7.70. The fourth-order valence-electron chi connectivity index (χ4n) is 2.50. The highest BCUT2D eigenvalue weighted by Crippen LogP contribution is 2.19. The lowest BCUT2D eigenvalue weighted by atomic mass is 10.2. The number of carbonyl (C=O) groups is 2. The van der Waals surface area contributed by atoms with Crippen molar-refractivity contribution in [3.05, 3.63) is 36.6 Å². The average Bonchev–Trinajstić information content (AvgIpc) is 3.14. The number of sulfonamides is 1. The summed E-state index contributed by atoms with van der Waals surface area (Å²) >= 11 is 0. The van der Waals surface area contributed by atoms with Crippen LogP contribution in [0.5, 0.6) is 0 Å². The summed E-state index contributed by atoms with van der Waals surface area (Å²) in [7, 11) is -3.88. The number of carbonyl (C=O) groups excluding carboxylic acids is 2. The standard InChI is InChI=1S/C18H24N4O5S/c1-3-4-5-11-22(13-18(24)20-17-10-12-27-21-17)28(25,26)16-8-6-15(7-9-16)19-14(2)23/h6-10,12H,3-5,11,13H2,1-2H3,(H,19,23)(H,20,21,24). The van der Waals surface area contributed by atoms with Crippen molar-refractivity contribution in [3.8, 4) is 0 Å². The Hall–Kier alpha value is -2.72. The van der Waals surface area contributed by atoms with Crippen molar-refractivity contribution in [3.63, 3.8) is 0 Å². The highest BCUT2D eigenvalue weighted by atomic mass is 32.2. The van der Waals surface area contributed by atoms with Gasteiger partial charge in [0.2, 0.25) is 21.8 Å². The van der Waals surface area contributed by atoms with Crippen LogP contribution in [-0.2, 0) is 19.6 Å². The summed E-state index contributed by atoms with van der Waals surface area (Å²) in [5, 5.41) is 8.67. The van der Waals surface area contributed by atoms with E-state index in [-0.39, 0.29) is 29.7 Å². The maximum Gasteiger partial charge on any atom is 0.243 e. The molecule has 0 unspecified atom stereocenters. The molecule has 0 radical (unpaired) electrons. The van der Waals surface area contributed by atoms with Crippen LogP contribution in [0.25, 0.3) is 0 Å². The molecule has 2 aromatic rings. The third kappa shape index (κ3) is 6.17. The molecule has 0 atom stereocenters. The number of benzene rings is 1. The number of hydrogen-bond acceptors (Lipinski definition) is 6. The Morgan fingerprint density at radius 3 is 2.39 bits per heavy atom. The second-order valence-electron chi connectivity index (χ2n) is 6.18. The summed E-state index contributed by atoms with van der Waals surface area (Å²) in [6.45, 7) is 3.26. The quantitative estimate of drug-likeness (QED) is 0.583. The number of nitrogens with one attached hydrogen (secondary N) is 2. The monoisotopic (exact) mass is 408 g/mol. The van der Waals surface area contributed by atoms with E-state index in [9.17, 15) is 18.0 Å². The SMILES string of the molecule is CCCCCN(CC(=O)Nc1ccon1)S(=O)(=O)c1ccc(NC(C)=O)cc1. The van der Waals surface area contributed by atoms with Crippen LogP contribution in [-0.4, -0.2) is 42.8 Å². The van der Waals surface area contributed by atoms with E-state index >= 15 is 0 Å². The van der Waals surface area contributed by atoms with Gasteiger partial charge in [-0.3, -0.25) is 9.59 Å². The van der Waals surface area contributed by atoms with E-state index in [4.69, 9.17) is 0 Å². The fourth-order valence-corrected chi connectivity index (χ4v) is 3.94. The Bertz CT molecular complexity index is 879. The van der Waals surface area contributed by atoms with E-state index in [0.29, 0.717) is 12.1 Å². The van der Waals surface area contributed by atoms with Gasteiger partial charge in [0.15, 0.2) is 5.82 Å². The topological polar surface area (TPSA) is 122 Å². The van der Waals surface area contributed by atoms with Crippen LogP contribution < -0.4 is 10.6 Å². The third-order valence-electron chi connectivity index (χ3n) is 3.85. The Balaban J connectivity index is 2.16. The highest BCUT2D eigenvalue weighted by Gasteiger charge is 2.26. The molecule has 1 aromatic heterocycles. The first-order valence-electron chi connectivity index (χ1n) is 8.91. The van der Waals surface area contributed by atoms with Crippen LogP contribution in [0.15, 0.2) is 46.0 Å². The van der Waals surface area contributed by atoms with Gasteiger partial charge < -0.3 is 15.2 Å². The first kappa shape index (κ1) is 21.6. The molecule has 0 aliphatic carbocycles. The number of nitrogens with zero attached hydrogens (tertiary/aromatic N) is 2. The lowest BCUT2D eigenvalue weighted by Gasteiger charge is -2.21. The summed E-state index contributed by atoms with van der Waals surface area (Å²) in [5.74, 6) is -0.541. The molecular weight excluding hydrogens is 384 g/mol. The molecule has 1 heterocycles. The molecule has 2 amide bonds. The van der Waals surface area contributed by atoms with Gasteiger partial charge in [0.1, 0.15) is 6.26 Å². The maximum atomic E-state index is 13.0. The number of amides is 2. The predicted octanol–water partition coefficient (Wildman–Crippen LogP) is 2.45. The smallest absolute Gasteiger partial charge is 0.243 e. The van der Waals surface area contributed by atoms with Crippen molar-refractivity contribution in [2.24, 2.45) is 0 Å². The van der Waals surface area contributed by atoms with Gasteiger partial charge in [-0.2, -0.15) is 4.31 Å². The average molecular weight is 408 g/mol. The zero-order valence-corrected chi connectivity index (χ0v) is 16.7. The van der Waals surface area contributed by atoms with Crippen molar-refractivity contribution in [2.45, 2.75) is 38.0 Å².